The molecular weight excluding hydrogens is 380 g/mol. The normalized spacial score (nSPS) is 13.0. The Kier molecular flexibility index (Phi) is 5.52. The summed E-state index contributed by atoms with van der Waals surface area (Å²) in [6.07, 6.45) is 0.981. The van der Waals surface area contributed by atoms with Gasteiger partial charge in [-0.1, -0.05) is 18.2 Å². The Morgan fingerprint density at radius 2 is 1.83 bits per heavy atom. The molecule has 0 saturated carbocycles. The molecule has 0 fully saturated rings. The zero-order valence-electron chi connectivity index (χ0n) is 16.8. The predicted molar refractivity (Wildman–Crippen MR) is 116 cm³/mol. The van der Waals surface area contributed by atoms with Gasteiger partial charge in [-0.2, -0.15) is 0 Å². The van der Waals surface area contributed by atoms with Crippen LogP contribution < -0.4 is 10.6 Å². The number of carbonyl (C=O) groups is 3. The maximum atomic E-state index is 12.5. The first-order valence-electron chi connectivity index (χ1n) is 10.0. The molecule has 0 saturated heterocycles. The molecule has 0 atom stereocenters. The number of hydrogen-bond donors (Lipinski definition) is 3. The van der Waals surface area contributed by atoms with Crippen molar-refractivity contribution >= 4 is 34.3 Å². The highest BCUT2D eigenvalue weighted by Gasteiger charge is 2.23. The van der Waals surface area contributed by atoms with Crippen LogP contribution in [0.5, 0.6) is 0 Å². The number of urea groups is 1. The van der Waals surface area contributed by atoms with E-state index in [0.29, 0.717) is 24.3 Å². The Labute approximate surface area is 174 Å². The molecular formula is C23H24N4O3. The third-order valence-electron chi connectivity index (χ3n) is 5.37. The maximum absolute atomic E-state index is 12.5. The van der Waals surface area contributed by atoms with Crippen molar-refractivity contribution in [3.05, 3.63) is 65.4 Å². The number of ketones is 1. The molecule has 1 aliphatic heterocycles. The Morgan fingerprint density at radius 3 is 2.60 bits per heavy atom. The fourth-order valence-electron chi connectivity index (χ4n) is 3.77. The lowest BCUT2D eigenvalue weighted by molar-refractivity contribution is -0.116. The minimum atomic E-state index is -0.192. The predicted octanol–water partition coefficient (Wildman–Crippen LogP) is 3.47. The molecule has 7 nitrogen and oxygen atoms in total. The summed E-state index contributed by atoms with van der Waals surface area (Å²) in [5.74, 6) is -0.213. The summed E-state index contributed by atoms with van der Waals surface area (Å²) in [5, 5.41) is 6.82. The van der Waals surface area contributed by atoms with E-state index in [2.05, 4.69) is 21.7 Å². The van der Waals surface area contributed by atoms with Gasteiger partial charge in [0.05, 0.1) is 6.54 Å². The van der Waals surface area contributed by atoms with Crippen LogP contribution in [0.1, 0.15) is 35.0 Å². The van der Waals surface area contributed by atoms with Crippen molar-refractivity contribution in [1.82, 2.24) is 15.2 Å². The van der Waals surface area contributed by atoms with Crippen molar-refractivity contribution < 1.29 is 14.4 Å². The molecule has 3 N–H and O–H groups in total. The molecule has 2 aromatic carbocycles. The van der Waals surface area contributed by atoms with Crippen molar-refractivity contribution in [3.8, 4) is 0 Å². The molecule has 1 aliphatic rings. The van der Waals surface area contributed by atoms with Crippen LogP contribution in [0.3, 0.4) is 0 Å². The topological polar surface area (TPSA) is 94.3 Å². The van der Waals surface area contributed by atoms with Gasteiger partial charge in [-0.05, 0) is 49.2 Å². The van der Waals surface area contributed by atoms with Crippen LogP contribution in [0.25, 0.3) is 10.9 Å². The van der Waals surface area contributed by atoms with Crippen LogP contribution in [0, 0.1) is 0 Å². The molecule has 154 valence electrons. The number of H-pyrrole nitrogens is 1. The summed E-state index contributed by atoms with van der Waals surface area (Å²) in [4.78, 5) is 41.1. The summed E-state index contributed by atoms with van der Waals surface area (Å²) in [5.41, 5.74) is 4.67. The molecule has 0 bridgehead atoms. The number of aromatic amines is 1. The van der Waals surface area contributed by atoms with Gasteiger partial charge in [0.25, 0.3) is 0 Å². The number of benzene rings is 2. The van der Waals surface area contributed by atoms with Gasteiger partial charge in [-0.25, -0.2) is 4.79 Å². The van der Waals surface area contributed by atoms with Gasteiger partial charge in [-0.15, -0.1) is 0 Å². The van der Waals surface area contributed by atoms with Gasteiger partial charge in [-0.3, -0.25) is 9.59 Å². The highest BCUT2D eigenvalue weighted by molar-refractivity contribution is 5.95. The summed E-state index contributed by atoms with van der Waals surface area (Å²) < 4.78 is 0. The number of para-hydroxylation sites is 1. The number of hydrogen-bond acceptors (Lipinski definition) is 3. The average Bonchev–Trinajstić information content (AvgIpc) is 3.12. The van der Waals surface area contributed by atoms with Crippen molar-refractivity contribution in [2.45, 2.75) is 26.3 Å². The highest BCUT2D eigenvalue weighted by Crippen LogP contribution is 2.27. The lowest BCUT2D eigenvalue weighted by Gasteiger charge is -2.27. The van der Waals surface area contributed by atoms with Gasteiger partial charge in [0, 0.05) is 47.4 Å². The van der Waals surface area contributed by atoms with Gasteiger partial charge in [0.15, 0.2) is 5.78 Å². The first-order valence-corrected chi connectivity index (χ1v) is 10.0. The molecule has 0 unspecified atom stereocenters. The molecule has 0 spiro atoms. The first-order chi connectivity index (χ1) is 14.5. The van der Waals surface area contributed by atoms with E-state index in [1.165, 1.54) is 17.9 Å². The first kappa shape index (κ1) is 19.7. The summed E-state index contributed by atoms with van der Waals surface area (Å²) in [6, 6.07) is 14.7. The number of Topliss-reactive ketones (excluding diaryl/α,β-unsaturated/α-hetero) is 1. The van der Waals surface area contributed by atoms with Gasteiger partial charge in [0.2, 0.25) is 5.91 Å². The van der Waals surface area contributed by atoms with Crippen LogP contribution in [0.4, 0.5) is 10.5 Å². The molecule has 0 aliphatic carbocycles. The Morgan fingerprint density at radius 1 is 1.07 bits per heavy atom. The highest BCUT2D eigenvalue weighted by atomic mass is 16.2. The molecule has 4 rings (SSSR count). The van der Waals surface area contributed by atoms with E-state index in [4.69, 9.17) is 0 Å². The van der Waals surface area contributed by atoms with Crippen LogP contribution in [-0.4, -0.2) is 40.7 Å². The van der Waals surface area contributed by atoms with E-state index in [9.17, 15) is 14.4 Å². The minimum Gasteiger partial charge on any atom is -0.357 e. The van der Waals surface area contributed by atoms with E-state index < -0.39 is 0 Å². The fraction of sp³-hybridized carbons (Fsp3) is 0.261. The summed E-state index contributed by atoms with van der Waals surface area (Å²) >= 11 is 0. The molecule has 3 amide bonds. The van der Waals surface area contributed by atoms with Crippen LogP contribution >= 0.6 is 0 Å². The zero-order chi connectivity index (χ0) is 21.1. The third kappa shape index (κ3) is 4.20. The minimum absolute atomic E-state index is 0.0205. The second-order valence-corrected chi connectivity index (χ2v) is 7.46. The van der Waals surface area contributed by atoms with Crippen molar-refractivity contribution in [3.63, 3.8) is 0 Å². The lowest BCUT2D eigenvalue weighted by atomic mass is 10.0. The zero-order valence-corrected chi connectivity index (χ0v) is 16.8. The van der Waals surface area contributed by atoms with Crippen molar-refractivity contribution in [2.24, 2.45) is 0 Å². The average molecular weight is 404 g/mol. The van der Waals surface area contributed by atoms with Crippen molar-refractivity contribution in [1.29, 1.82) is 0 Å². The fourth-order valence-corrected chi connectivity index (χ4v) is 3.77. The van der Waals surface area contributed by atoms with Crippen LogP contribution in [-0.2, 0) is 17.8 Å². The number of nitrogens with zero attached hydrogens (tertiary/aromatic N) is 1. The van der Waals surface area contributed by atoms with E-state index in [1.54, 1.807) is 29.2 Å². The monoisotopic (exact) mass is 404 g/mol. The molecule has 1 aromatic heterocycles. The number of rotatable bonds is 5. The van der Waals surface area contributed by atoms with E-state index in [-0.39, 0.29) is 30.7 Å². The Bertz CT molecular complexity index is 1100. The van der Waals surface area contributed by atoms with Gasteiger partial charge < -0.3 is 20.5 Å². The second kappa shape index (κ2) is 8.41. The largest absolute Gasteiger partial charge is 0.357 e. The molecule has 0 radical (unpaired) electrons. The third-order valence-corrected chi connectivity index (χ3v) is 5.37. The maximum Gasteiger partial charge on any atom is 0.317 e. The Hall–Kier alpha value is -3.61. The Balaban J connectivity index is 1.25. The van der Waals surface area contributed by atoms with E-state index >= 15 is 0 Å². The SMILES string of the molecule is CC(=O)c1ccc(NC(=O)CCNC(=O)N2CCc3c([nH]c4ccccc34)C2)cc1. The standard InChI is InChI=1S/C23H24N4O3/c1-15(28)16-6-8-17(9-7-16)25-22(29)10-12-24-23(30)27-13-11-19-18-4-2-3-5-20(18)26-21(19)14-27/h2-9,26H,10-14H2,1H3,(H,24,30)(H,25,29). The lowest BCUT2D eigenvalue weighted by Crippen LogP contribution is -2.43. The smallest absolute Gasteiger partial charge is 0.317 e. The second-order valence-electron chi connectivity index (χ2n) is 7.46. The molecule has 30 heavy (non-hydrogen) atoms. The van der Waals surface area contributed by atoms with Crippen LogP contribution in [0.2, 0.25) is 0 Å². The van der Waals surface area contributed by atoms with E-state index in [0.717, 1.165) is 17.6 Å². The summed E-state index contributed by atoms with van der Waals surface area (Å²) in [6.45, 7) is 2.93. The number of anilines is 1. The summed E-state index contributed by atoms with van der Waals surface area (Å²) in [7, 11) is 0. The number of carbonyl (C=O) groups excluding carboxylic acids is 3. The number of fused-ring (bicyclic) bond motifs is 3. The van der Waals surface area contributed by atoms with Crippen LogP contribution in [0.15, 0.2) is 48.5 Å². The quantitative estimate of drug-likeness (QED) is 0.569. The van der Waals surface area contributed by atoms with Gasteiger partial charge >= 0.3 is 6.03 Å². The van der Waals surface area contributed by atoms with E-state index in [1.807, 2.05) is 18.2 Å². The molecule has 2 heterocycles. The molecule has 7 heteroatoms. The van der Waals surface area contributed by atoms with Gasteiger partial charge in [0.1, 0.15) is 0 Å². The van der Waals surface area contributed by atoms with Crippen molar-refractivity contribution in [2.75, 3.05) is 18.4 Å². The molecule has 3 aromatic rings. The number of nitrogens with one attached hydrogen (secondary N) is 3. The number of amides is 3. The number of aromatic nitrogens is 1.